The number of nitrogens with one attached hydrogen (secondary N) is 2. The fourth-order valence-electron chi connectivity index (χ4n) is 3.76. The largest absolute Gasteiger partial charge is 0.448 e. The summed E-state index contributed by atoms with van der Waals surface area (Å²) in [5.41, 5.74) is 1.22. The van der Waals surface area contributed by atoms with Crippen LogP contribution in [-0.2, 0) is 22.4 Å². The fraction of sp³-hybridized carbons (Fsp3) is 0.650. The minimum Gasteiger partial charge on any atom is -0.448 e. The molecule has 7 heteroatoms. The van der Waals surface area contributed by atoms with Gasteiger partial charge >= 0.3 is 12.0 Å². The summed E-state index contributed by atoms with van der Waals surface area (Å²) in [6.07, 6.45) is 7.34. The van der Waals surface area contributed by atoms with Crippen LogP contribution >= 0.6 is 11.3 Å². The molecule has 148 valence electrons. The molecule has 2 N–H and O–H groups in total. The molecule has 0 aromatic carbocycles. The van der Waals surface area contributed by atoms with Gasteiger partial charge in [-0.05, 0) is 56.6 Å². The Balaban J connectivity index is 1.48. The van der Waals surface area contributed by atoms with Crippen molar-refractivity contribution in [3.63, 3.8) is 0 Å². The van der Waals surface area contributed by atoms with Gasteiger partial charge in [0.15, 0.2) is 6.10 Å². The first kappa shape index (κ1) is 19.9. The van der Waals surface area contributed by atoms with Gasteiger partial charge in [0.2, 0.25) is 0 Å². The van der Waals surface area contributed by atoms with E-state index in [1.54, 1.807) is 0 Å². The van der Waals surface area contributed by atoms with Crippen molar-refractivity contribution in [1.82, 2.24) is 10.6 Å². The molecule has 1 heterocycles. The van der Waals surface area contributed by atoms with E-state index in [0.717, 1.165) is 44.9 Å². The van der Waals surface area contributed by atoms with E-state index in [1.807, 2.05) is 6.07 Å². The maximum absolute atomic E-state index is 12.4. The molecule has 2 aliphatic carbocycles. The summed E-state index contributed by atoms with van der Waals surface area (Å²) in [4.78, 5) is 38.3. The maximum atomic E-state index is 12.4. The number of esters is 1. The zero-order valence-corrected chi connectivity index (χ0v) is 16.8. The molecule has 0 spiro atoms. The van der Waals surface area contributed by atoms with Crippen molar-refractivity contribution in [3.8, 4) is 0 Å². The van der Waals surface area contributed by atoms with Crippen LogP contribution in [0.4, 0.5) is 4.79 Å². The standard InChI is InChI=1S/C20H28N2O4S/c1-12-8-9-16-14(10-12)11-17(27-16)19(24)26-13(2)18(23)22-20(25)21-15-6-4-3-5-7-15/h11-13,15H,3-10H2,1-2H3,(H2,21,22,23,25)/t12-,13+/m0/s1. The Labute approximate surface area is 164 Å². The Morgan fingerprint density at radius 3 is 2.67 bits per heavy atom. The number of thiophene rings is 1. The summed E-state index contributed by atoms with van der Waals surface area (Å²) < 4.78 is 5.27. The third kappa shape index (κ3) is 5.31. The van der Waals surface area contributed by atoms with Gasteiger partial charge in [0, 0.05) is 10.9 Å². The minimum atomic E-state index is -1.02. The zero-order chi connectivity index (χ0) is 19.4. The summed E-state index contributed by atoms with van der Waals surface area (Å²) in [5, 5.41) is 5.09. The monoisotopic (exact) mass is 392 g/mol. The van der Waals surface area contributed by atoms with Crippen LogP contribution in [0.3, 0.4) is 0 Å². The number of aryl methyl sites for hydroxylation is 1. The molecule has 0 bridgehead atoms. The van der Waals surface area contributed by atoms with Gasteiger partial charge in [-0.25, -0.2) is 9.59 Å². The topological polar surface area (TPSA) is 84.5 Å². The second-order valence-electron chi connectivity index (χ2n) is 7.75. The zero-order valence-electron chi connectivity index (χ0n) is 16.0. The number of carbonyl (C=O) groups excluding carboxylic acids is 3. The lowest BCUT2D eigenvalue weighted by Crippen LogP contribution is -2.48. The van der Waals surface area contributed by atoms with Gasteiger partial charge in [-0.3, -0.25) is 10.1 Å². The molecule has 0 radical (unpaired) electrons. The molecule has 1 aromatic rings. The van der Waals surface area contributed by atoms with E-state index in [4.69, 9.17) is 4.74 Å². The number of imide groups is 1. The lowest BCUT2D eigenvalue weighted by molar-refractivity contribution is -0.127. The molecular formula is C20H28N2O4S. The number of hydrogen-bond acceptors (Lipinski definition) is 5. The first-order valence-electron chi connectivity index (χ1n) is 9.86. The van der Waals surface area contributed by atoms with Gasteiger partial charge in [0.05, 0.1) is 0 Å². The second-order valence-corrected chi connectivity index (χ2v) is 8.89. The molecule has 3 amide bonds. The van der Waals surface area contributed by atoms with Crippen LogP contribution in [-0.4, -0.2) is 30.1 Å². The highest BCUT2D eigenvalue weighted by molar-refractivity contribution is 7.14. The molecule has 1 fully saturated rings. The molecule has 1 saturated carbocycles. The van der Waals surface area contributed by atoms with Crippen LogP contribution in [0.2, 0.25) is 0 Å². The summed E-state index contributed by atoms with van der Waals surface area (Å²) >= 11 is 1.45. The van der Waals surface area contributed by atoms with E-state index in [9.17, 15) is 14.4 Å². The van der Waals surface area contributed by atoms with Gasteiger partial charge in [-0.2, -0.15) is 0 Å². The van der Waals surface area contributed by atoms with Gasteiger partial charge in [0.25, 0.3) is 5.91 Å². The predicted octanol–water partition coefficient (Wildman–Crippen LogP) is 3.58. The number of urea groups is 1. The highest BCUT2D eigenvalue weighted by Gasteiger charge is 2.25. The van der Waals surface area contributed by atoms with Crippen LogP contribution in [0.15, 0.2) is 6.07 Å². The maximum Gasteiger partial charge on any atom is 0.349 e. The van der Waals surface area contributed by atoms with Gasteiger partial charge in [0.1, 0.15) is 4.88 Å². The van der Waals surface area contributed by atoms with Crippen LogP contribution in [0.25, 0.3) is 0 Å². The lowest BCUT2D eigenvalue weighted by Gasteiger charge is -2.23. The van der Waals surface area contributed by atoms with Crippen molar-refractivity contribution < 1.29 is 19.1 Å². The van der Waals surface area contributed by atoms with E-state index < -0.39 is 24.0 Å². The molecule has 3 rings (SSSR count). The molecule has 0 unspecified atom stereocenters. The SMILES string of the molecule is C[C@H]1CCc2sc(C(=O)O[C@H](C)C(=O)NC(=O)NC3CCCCC3)cc2C1. The summed E-state index contributed by atoms with van der Waals surface area (Å²) in [5.74, 6) is -0.479. The van der Waals surface area contributed by atoms with Crippen molar-refractivity contribution in [2.24, 2.45) is 5.92 Å². The van der Waals surface area contributed by atoms with Crippen molar-refractivity contribution in [1.29, 1.82) is 0 Å². The predicted molar refractivity (Wildman–Crippen MR) is 104 cm³/mol. The molecule has 1 aromatic heterocycles. The van der Waals surface area contributed by atoms with E-state index >= 15 is 0 Å². The smallest absolute Gasteiger partial charge is 0.349 e. The van der Waals surface area contributed by atoms with Crippen molar-refractivity contribution in [2.45, 2.75) is 77.4 Å². The summed E-state index contributed by atoms with van der Waals surface area (Å²) in [6.45, 7) is 3.69. The Hall–Kier alpha value is -1.89. The van der Waals surface area contributed by atoms with E-state index in [1.165, 1.54) is 35.1 Å². The van der Waals surface area contributed by atoms with Crippen LogP contribution in [0.5, 0.6) is 0 Å². The van der Waals surface area contributed by atoms with E-state index in [2.05, 4.69) is 17.6 Å². The Morgan fingerprint density at radius 1 is 1.19 bits per heavy atom. The van der Waals surface area contributed by atoms with Gasteiger partial charge in [-0.15, -0.1) is 11.3 Å². The Morgan fingerprint density at radius 2 is 1.93 bits per heavy atom. The van der Waals surface area contributed by atoms with Gasteiger partial charge < -0.3 is 10.1 Å². The van der Waals surface area contributed by atoms with Crippen LogP contribution in [0, 0.1) is 5.92 Å². The minimum absolute atomic E-state index is 0.115. The molecule has 2 aliphatic rings. The molecule has 6 nitrogen and oxygen atoms in total. The van der Waals surface area contributed by atoms with Crippen molar-refractivity contribution in [3.05, 3.63) is 21.4 Å². The second kappa shape index (κ2) is 8.87. The normalized spacial score (nSPS) is 21.0. The fourth-order valence-corrected chi connectivity index (χ4v) is 4.85. The molecule has 27 heavy (non-hydrogen) atoms. The first-order valence-corrected chi connectivity index (χ1v) is 10.7. The molecule has 0 saturated heterocycles. The van der Waals surface area contributed by atoms with E-state index in [0.29, 0.717) is 10.8 Å². The number of fused-ring (bicyclic) bond motifs is 1. The molecule has 0 aliphatic heterocycles. The lowest BCUT2D eigenvalue weighted by atomic mass is 9.90. The van der Waals surface area contributed by atoms with Crippen molar-refractivity contribution in [2.75, 3.05) is 0 Å². The summed E-state index contributed by atoms with van der Waals surface area (Å²) in [6, 6.07) is 1.48. The van der Waals surface area contributed by atoms with Crippen molar-refractivity contribution >= 4 is 29.2 Å². The first-order chi connectivity index (χ1) is 12.9. The average Bonchev–Trinajstić information content (AvgIpc) is 3.05. The number of ether oxygens (including phenoxy) is 1. The van der Waals surface area contributed by atoms with Gasteiger partial charge in [-0.1, -0.05) is 26.2 Å². The molecule has 2 atom stereocenters. The van der Waals surface area contributed by atoms with Crippen LogP contribution in [0.1, 0.15) is 72.5 Å². The molecular weight excluding hydrogens is 364 g/mol. The summed E-state index contributed by atoms with van der Waals surface area (Å²) in [7, 11) is 0. The highest BCUT2D eigenvalue weighted by Crippen LogP contribution is 2.32. The average molecular weight is 393 g/mol. The third-order valence-corrected chi connectivity index (χ3v) is 6.58. The Kier molecular flexibility index (Phi) is 6.52. The number of rotatable bonds is 4. The number of amides is 3. The number of hydrogen-bond donors (Lipinski definition) is 2. The number of carbonyl (C=O) groups is 3. The van der Waals surface area contributed by atoms with Crippen LogP contribution < -0.4 is 10.6 Å². The quantitative estimate of drug-likeness (QED) is 0.767. The Bertz CT molecular complexity index is 709. The third-order valence-electron chi connectivity index (χ3n) is 5.36. The van der Waals surface area contributed by atoms with E-state index in [-0.39, 0.29) is 6.04 Å². The highest BCUT2D eigenvalue weighted by atomic mass is 32.1.